The first-order valence-corrected chi connectivity index (χ1v) is 21.7. The minimum absolute atomic E-state index is 0.133. The number of ether oxygens (including phenoxy) is 4. The maximum atomic E-state index is 10.9. The molecular weight excluding hydrogens is 892 g/mol. The highest BCUT2D eigenvalue weighted by Gasteiger charge is 2.17. The van der Waals surface area contributed by atoms with Gasteiger partial charge in [0, 0.05) is 91.4 Å². The molecule has 0 atom stereocenters. The zero-order chi connectivity index (χ0) is 47.5. The Kier molecular flexibility index (Phi) is 18.0. The number of allylic oxidation sites excluding steroid dienone is 1. The summed E-state index contributed by atoms with van der Waals surface area (Å²) < 4.78 is 25.2. The second-order valence-corrected chi connectivity index (χ2v) is 15.9. The van der Waals surface area contributed by atoms with Crippen molar-refractivity contribution in [1.29, 1.82) is 10.5 Å². The van der Waals surface area contributed by atoms with Gasteiger partial charge in [-0.05, 0) is 77.6 Å². The van der Waals surface area contributed by atoms with Gasteiger partial charge in [-0.2, -0.15) is 10.5 Å². The van der Waals surface area contributed by atoms with Gasteiger partial charge in [-0.3, -0.25) is 14.8 Å². The number of hydrogen-bond donors (Lipinski definition) is 3. The number of aldehydes is 1. The zero-order valence-electron chi connectivity index (χ0n) is 36.7. The highest BCUT2D eigenvalue weighted by molar-refractivity contribution is 6.32. The molecule has 4 aromatic carbocycles. The Bertz CT molecular complexity index is 2870. The van der Waals surface area contributed by atoms with Crippen LogP contribution in [0.3, 0.4) is 0 Å². The minimum atomic E-state index is -1.03. The van der Waals surface area contributed by atoms with E-state index in [4.69, 9.17) is 47.3 Å². The lowest BCUT2D eigenvalue weighted by Crippen LogP contribution is -2.14. The molecule has 0 fully saturated rings. The van der Waals surface area contributed by atoms with Crippen LogP contribution >= 0.6 is 23.2 Å². The summed E-state index contributed by atoms with van der Waals surface area (Å²) in [4.78, 5) is 29.9. The van der Waals surface area contributed by atoms with Crippen LogP contribution in [0.2, 0.25) is 10.0 Å². The maximum absolute atomic E-state index is 10.9. The quantitative estimate of drug-likeness (QED) is 0.0313. The van der Waals surface area contributed by atoms with Crippen LogP contribution in [-0.2, 0) is 49.1 Å². The molecule has 3 N–H and O–H groups in total. The number of carboxylic acid groups (broad SMARTS) is 1. The molecule has 6 aromatic rings. The smallest absolute Gasteiger partial charge is 0.328 e. The third kappa shape index (κ3) is 14.0. The van der Waals surface area contributed by atoms with Gasteiger partial charge in [0.05, 0.1) is 21.2 Å². The molecule has 0 amide bonds. The number of halogens is 2. The lowest BCUT2D eigenvalue weighted by molar-refractivity contribution is -0.131. The van der Waals surface area contributed by atoms with Gasteiger partial charge in [-0.1, -0.05) is 71.8 Å². The van der Waals surface area contributed by atoms with Gasteiger partial charge < -0.3 is 34.7 Å². The standard InChI is InChI=1S/C52H46Cl2N6O7/c1-34-40(32-66-50-20-48(64-30-38-16-36(22-55)24-59-26-38)42(18-46(50)53)28-57-13-3-4-15-61)8-5-10-44(34)45-11-6-9-41(35(45)2)33-67-51-21-49(65-31-39-17-37(23-56)25-60-27-39)43(19-47(51)54)29-58-14-7-12-52(62)63/h3-12,15-21,24-27,57-58H,13-14,28-33H2,1-2H3,(H,62,63)/b4-3-,12-7-. The molecule has 2 aromatic heterocycles. The molecule has 0 spiro atoms. The van der Waals surface area contributed by atoms with E-state index in [1.54, 1.807) is 54.9 Å². The lowest BCUT2D eigenvalue weighted by Gasteiger charge is -2.19. The number of nitrogens with one attached hydrogen (secondary N) is 2. The number of hydrogen-bond acceptors (Lipinski definition) is 12. The van der Waals surface area contributed by atoms with E-state index in [9.17, 15) is 20.1 Å². The summed E-state index contributed by atoms with van der Waals surface area (Å²) in [6.45, 7) is 6.32. The van der Waals surface area contributed by atoms with Gasteiger partial charge >= 0.3 is 5.97 Å². The minimum Gasteiger partial charge on any atom is -0.488 e. The first kappa shape index (κ1) is 48.9. The SMILES string of the molecule is Cc1c(COc2cc(OCc3cncc(C#N)c3)c(CNC/C=C\C=O)cc2Cl)cccc1-c1cccc(COc2cc(OCc3cncc(C#N)c3)c(CNC/C=C\C(=O)O)cc2Cl)c1C. The lowest BCUT2D eigenvalue weighted by atomic mass is 9.92. The van der Waals surface area contributed by atoms with Crippen molar-refractivity contribution in [3.63, 3.8) is 0 Å². The first-order valence-electron chi connectivity index (χ1n) is 21.0. The van der Waals surface area contributed by atoms with Crippen LogP contribution in [0.15, 0.2) is 122 Å². The fraction of sp³-hybridized carbons (Fsp3) is 0.192. The van der Waals surface area contributed by atoms with E-state index in [-0.39, 0.29) is 26.4 Å². The molecule has 0 aliphatic carbocycles. The van der Waals surface area contributed by atoms with Crippen molar-refractivity contribution in [2.24, 2.45) is 0 Å². The zero-order valence-corrected chi connectivity index (χ0v) is 38.2. The predicted octanol–water partition coefficient (Wildman–Crippen LogP) is 9.70. The summed E-state index contributed by atoms with van der Waals surface area (Å²) in [6.07, 6.45) is 12.7. The van der Waals surface area contributed by atoms with Crippen molar-refractivity contribution in [3.05, 3.63) is 188 Å². The summed E-state index contributed by atoms with van der Waals surface area (Å²) in [5.41, 5.74) is 9.74. The molecule has 0 radical (unpaired) electrons. The molecule has 0 saturated carbocycles. The summed E-state index contributed by atoms with van der Waals surface area (Å²) in [6, 6.07) is 26.8. The molecule has 0 aliphatic heterocycles. The van der Waals surface area contributed by atoms with Crippen LogP contribution < -0.4 is 29.6 Å². The fourth-order valence-corrected chi connectivity index (χ4v) is 7.42. The Morgan fingerprint density at radius 2 is 1.10 bits per heavy atom. The summed E-state index contributed by atoms with van der Waals surface area (Å²) in [7, 11) is 0. The van der Waals surface area contributed by atoms with Crippen molar-refractivity contribution < 1.29 is 33.6 Å². The van der Waals surface area contributed by atoms with Gasteiger partial charge in [-0.15, -0.1) is 0 Å². The first-order chi connectivity index (χ1) is 32.6. The van der Waals surface area contributed by atoms with Gasteiger partial charge in [0.25, 0.3) is 0 Å². The Morgan fingerprint density at radius 1 is 0.642 bits per heavy atom. The number of carboxylic acids is 1. The van der Waals surface area contributed by atoms with Gasteiger partial charge in [0.2, 0.25) is 0 Å². The fourth-order valence-electron chi connectivity index (χ4n) is 6.93. The van der Waals surface area contributed by atoms with Crippen molar-refractivity contribution in [1.82, 2.24) is 20.6 Å². The third-order valence-corrected chi connectivity index (χ3v) is 11.0. The summed E-state index contributed by atoms with van der Waals surface area (Å²) in [5.74, 6) is 0.833. The third-order valence-electron chi connectivity index (χ3n) is 10.4. The van der Waals surface area contributed by atoms with Crippen LogP contribution in [0.4, 0.5) is 0 Å². The van der Waals surface area contributed by atoms with E-state index in [1.807, 2.05) is 31.2 Å². The Hall–Kier alpha value is -7.52. The summed E-state index contributed by atoms with van der Waals surface area (Å²) >= 11 is 13.6. The van der Waals surface area contributed by atoms with Gasteiger partial charge in [0.1, 0.15) is 67.9 Å². The number of pyridine rings is 2. The normalized spacial score (nSPS) is 11.0. The van der Waals surface area contributed by atoms with Crippen LogP contribution in [0, 0.1) is 36.5 Å². The molecule has 6 rings (SSSR count). The molecule has 15 heteroatoms. The van der Waals surface area contributed by atoms with E-state index >= 15 is 0 Å². The number of carbonyl (C=O) groups excluding carboxylic acids is 1. The molecule has 0 bridgehead atoms. The second-order valence-electron chi connectivity index (χ2n) is 15.1. The van der Waals surface area contributed by atoms with Crippen molar-refractivity contribution in [2.45, 2.75) is 53.4 Å². The highest BCUT2D eigenvalue weighted by Crippen LogP contribution is 2.37. The van der Waals surface area contributed by atoms with Crippen molar-refractivity contribution >= 4 is 35.5 Å². The number of rotatable bonds is 23. The van der Waals surface area contributed by atoms with Crippen LogP contribution in [0.25, 0.3) is 11.1 Å². The highest BCUT2D eigenvalue weighted by atomic mass is 35.5. The van der Waals surface area contributed by atoms with E-state index < -0.39 is 5.97 Å². The largest absolute Gasteiger partial charge is 0.488 e. The maximum Gasteiger partial charge on any atom is 0.328 e. The van der Waals surface area contributed by atoms with Crippen LogP contribution in [0.5, 0.6) is 23.0 Å². The number of aromatic nitrogens is 2. The Balaban J connectivity index is 1.18. The van der Waals surface area contributed by atoms with E-state index in [0.717, 1.165) is 62.4 Å². The van der Waals surface area contributed by atoms with E-state index in [2.05, 4.69) is 51.8 Å². The number of aliphatic carboxylic acids is 1. The van der Waals surface area contributed by atoms with Crippen LogP contribution in [0.1, 0.15) is 55.6 Å². The molecule has 0 saturated heterocycles. The molecule has 0 unspecified atom stereocenters. The number of nitrogens with zero attached hydrogens (tertiary/aromatic N) is 4. The van der Waals surface area contributed by atoms with Gasteiger partial charge in [0.15, 0.2) is 0 Å². The predicted molar refractivity (Wildman–Crippen MR) is 255 cm³/mol. The topological polar surface area (TPSA) is 189 Å². The molecular formula is C52H46Cl2N6O7. The van der Waals surface area contributed by atoms with Crippen molar-refractivity contribution in [2.75, 3.05) is 13.1 Å². The number of carbonyl (C=O) groups is 2. The van der Waals surface area contributed by atoms with Gasteiger partial charge in [-0.25, -0.2) is 4.79 Å². The molecule has 13 nitrogen and oxygen atoms in total. The van der Waals surface area contributed by atoms with E-state index in [0.29, 0.717) is 75.9 Å². The number of benzene rings is 4. The molecule has 67 heavy (non-hydrogen) atoms. The average molecular weight is 938 g/mol. The average Bonchev–Trinajstić information content (AvgIpc) is 3.33. The monoisotopic (exact) mass is 936 g/mol. The Morgan fingerprint density at radius 3 is 1.55 bits per heavy atom. The molecule has 340 valence electrons. The molecule has 2 heterocycles. The van der Waals surface area contributed by atoms with Crippen LogP contribution in [-0.4, -0.2) is 40.4 Å². The second kappa shape index (κ2) is 24.7. The summed E-state index contributed by atoms with van der Waals surface area (Å²) in [5, 5.41) is 34.8. The van der Waals surface area contributed by atoms with Crippen molar-refractivity contribution in [3.8, 4) is 46.3 Å². The Labute approximate surface area is 398 Å². The molecule has 0 aliphatic rings. The number of nitriles is 2. The van der Waals surface area contributed by atoms with E-state index in [1.165, 1.54) is 24.5 Å².